The molecule has 0 aliphatic carbocycles. The summed E-state index contributed by atoms with van der Waals surface area (Å²) in [7, 11) is 0. The summed E-state index contributed by atoms with van der Waals surface area (Å²) >= 11 is 3.51. The Morgan fingerprint density at radius 2 is 2.12 bits per heavy atom. The van der Waals surface area contributed by atoms with Crippen LogP contribution in [0.4, 0.5) is 0 Å². The number of benzene rings is 1. The first-order valence-electron chi connectivity index (χ1n) is 5.95. The van der Waals surface area contributed by atoms with Crippen molar-refractivity contribution in [3.05, 3.63) is 33.8 Å². The monoisotopic (exact) mass is 294 g/mol. The van der Waals surface area contributed by atoms with Crippen LogP contribution >= 0.6 is 15.9 Å². The third-order valence-electron chi connectivity index (χ3n) is 3.30. The second kappa shape index (κ2) is 4.88. The van der Waals surface area contributed by atoms with E-state index in [1.54, 1.807) is 0 Å². The van der Waals surface area contributed by atoms with Crippen LogP contribution in [0, 0.1) is 0 Å². The van der Waals surface area contributed by atoms with Crippen molar-refractivity contribution >= 4 is 21.6 Å². The number of hydrogen-bond acceptors (Lipinski definition) is 3. The molecule has 0 N–H and O–H groups in total. The standard InChI is InChI=1S/C13H15BrN2O/c14-11-1-2-12-10(7-11)8-15-13(12)9-16-3-5-17-6-4-16/h1-2,7H,3-6,8-9H2. The minimum Gasteiger partial charge on any atom is -0.379 e. The van der Waals surface area contributed by atoms with Crippen molar-refractivity contribution in [2.75, 3.05) is 32.8 Å². The largest absolute Gasteiger partial charge is 0.379 e. The van der Waals surface area contributed by atoms with Crippen LogP contribution in [0.3, 0.4) is 0 Å². The molecule has 0 atom stereocenters. The van der Waals surface area contributed by atoms with E-state index >= 15 is 0 Å². The third kappa shape index (κ3) is 2.44. The van der Waals surface area contributed by atoms with Gasteiger partial charge >= 0.3 is 0 Å². The van der Waals surface area contributed by atoms with Crippen LogP contribution < -0.4 is 0 Å². The van der Waals surface area contributed by atoms with Crippen molar-refractivity contribution in [2.45, 2.75) is 6.54 Å². The molecule has 2 heterocycles. The highest BCUT2D eigenvalue weighted by atomic mass is 79.9. The molecule has 0 bridgehead atoms. The number of nitrogens with zero attached hydrogens (tertiary/aromatic N) is 2. The van der Waals surface area contributed by atoms with E-state index in [0.29, 0.717) is 0 Å². The highest BCUT2D eigenvalue weighted by Crippen LogP contribution is 2.23. The zero-order valence-electron chi connectivity index (χ0n) is 9.66. The molecule has 1 aromatic rings. The van der Waals surface area contributed by atoms with E-state index in [2.05, 4.69) is 44.0 Å². The molecule has 1 fully saturated rings. The zero-order valence-corrected chi connectivity index (χ0v) is 11.2. The summed E-state index contributed by atoms with van der Waals surface area (Å²) in [5, 5.41) is 0. The molecule has 17 heavy (non-hydrogen) atoms. The van der Waals surface area contributed by atoms with Gasteiger partial charge in [-0.05, 0) is 17.7 Å². The normalized spacial score (nSPS) is 20.2. The van der Waals surface area contributed by atoms with Crippen LogP contribution in [-0.2, 0) is 11.3 Å². The molecule has 0 aromatic heterocycles. The van der Waals surface area contributed by atoms with Crippen LogP contribution in [0.1, 0.15) is 11.1 Å². The molecule has 0 radical (unpaired) electrons. The number of halogens is 1. The van der Waals surface area contributed by atoms with Crippen molar-refractivity contribution in [1.29, 1.82) is 0 Å². The number of ether oxygens (including phenoxy) is 1. The van der Waals surface area contributed by atoms with Crippen LogP contribution in [0.25, 0.3) is 0 Å². The molecule has 0 saturated carbocycles. The predicted octanol–water partition coefficient (Wildman–Crippen LogP) is 2.08. The van der Waals surface area contributed by atoms with E-state index < -0.39 is 0 Å². The molecule has 1 saturated heterocycles. The molecule has 1 aromatic carbocycles. The second-order valence-electron chi connectivity index (χ2n) is 4.45. The average Bonchev–Trinajstić information content (AvgIpc) is 2.73. The molecule has 3 rings (SSSR count). The summed E-state index contributed by atoms with van der Waals surface area (Å²) in [5.41, 5.74) is 3.89. The summed E-state index contributed by atoms with van der Waals surface area (Å²) in [6, 6.07) is 6.44. The summed E-state index contributed by atoms with van der Waals surface area (Å²) in [6.45, 7) is 5.52. The lowest BCUT2D eigenvalue weighted by molar-refractivity contribution is 0.0453. The zero-order chi connectivity index (χ0) is 11.7. The van der Waals surface area contributed by atoms with Crippen molar-refractivity contribution < 1.29 is 4.74 Å². The molecular formula is C13H15BrN2O. The van der Waals surface area contributed by atoms with Gasteiger partial charge in [0.2, 0.25) is 0 Å². The van der Waals surface area contributed by atoms with Gasteiger partial charge in [-0.15, -0.1) is 0 Å². The fraction of sp³-hybridized carbons (Fsp3) is 0.462. The fourth-order valence-electron chi connectivity index (χ4n) is 2.35. The molecule has 2 aliphatic heterocycles. The van der Waals surface area contributed by atoms with Crippen LogP contribution in [0.15, 0.2) is 27.7 Å². The Balaban J connectivity index is 1.74. The van der Waals surface area contributed by atoms with E-state index in [1.807, 2.05) is 0 Å². The van der Waals surface area contributed by atoms with Crippen molar-refractivity contribution in [3.63, 3.8) is 0 Å². The summed E-state index contributed by atoms with van der Waals surface area (Å²) in [4.78, 5) is 7.07. The highest BCUT2D eigenvalue weighted by molar-refractivity contribution is 9.10. The number of rotatable bonds is 2. The minimum atomic E-state index is 0.828. The Bertz CT molecular complexity index is 453. The summed E-state index contributed by atoms with van der Waals surface area (Å²) in [5.74, 6) is 0. The van der Waals surface area contributed by atoms with Gasteiger partial charge in [-0.25, -0.2) is 0 Å². The van der Waals surface area contributed by atoms with Crippen LogP contribution in [0.2, 0.25) is 0 Å². The number of morpholine rings is 1. The molecule has 0 amide bonds. The lowest BCUT2D eigenvalue weighted by Crippen LogP contribution is -2.39. The molecule has 2 aliphatic rings. The van der Waals surface area contributed by atoms with E-state index in [4.69, 9.17) is 4.74 Å². The van der Waals surface area contributed by atoms with Gasteiger partial charge < -0.3 is 4.74 Å². The minimum absolute atomic E-state index is 0.828. The van der Waals surface area contributed by atoms with Gasteiger partial charge in [0, 0.05) is 29.7 Å². The van der Waals surface area contributed by atoms with Gasteiger partial charge in [-0.1, -0.05) is 22.0 Å². The van der Waals surface area contributed by atoms with Gasteiger partial charge in [0.05, 0.1) is 25.5 Å². The smallest absolute Gasteiger partial charge is 0.0650 e. The SMILES string of the molecule is Brc1ccc2c(c1)CN=C2CN1CCOCC1. The Kier molecular flexibility index (Phi) is 3.27. The van der Waals surface area contributed by atoms with Gasteiger partial charge in [-0.2, -0.15) is 0 Å². The first-order chi connectivity index (χ1) is 8.33. The van der Waals surface area contributed by atoms with Crippen LogP contribution in [0.5, 0.6) is 0 Å². The number of aliphatic imine (C=N–C) groups is 1. The fourth-order valence-corrected chi connectivity index (χ4v) is 2.76. The van der Waals surface area contributed by atoms with Gasteiger partial charge in [-0.3, -0.25) is 9.89 Å². The maximum Gasteiger partial charge on any atom is 0.0650 e. The van der Waals surface area contributed by atoms with E-state index in [9.17, 15) is 0 Å². The molecule has 90 valence electrons. The van der Waals surface area contributed by atoms with Crippen molar-refractivity contribution in [1.82, 2.24) is 4.90 Å². The maximum absolute atomic E-state index is 5.36. The van der Waals surface area contributed by atoms with E-state index in [-0.39, 0.29) is 0 Å². The summed E-state index contributed by atoms with van der Waals surface area (Å²) < 4.78 is 6.50. The molecule has 4 heteroatoms. The number of fused-ring (bicyclic) bond motifs is 1. The van der Waals surface area contributed by atoms with Crippen LogP contribution in [-0.4, -0.2) is 43.5 Å². The maximum atomic E-state index is 5.36. The molecular weight excluding hydrogens is 280 g/mol. The lowest BCUT2D eigenvalue weighted by atomic mass is 10.1. The predicted molar refractivity (Wildman–Crippen MR) is 71.6 cm³/mol. The first kappa shape index (κ1) is 11.4. The number of hydrogen-bond donors (Lipinski definition) is 0. The van der Waals surface area contributed by atoms with E-state index in [1.165, 1.54) is 16.8 Å². The first-order valence-corrected chi connectivity index (χ1v) is 6.74. The average molecular weight is 295 g/mol. The van der Waals surface area contributed by atoms with Crippen molar-refractivity contribution in [2.24, 2.45) is 4.99 Å². The Morgan fingerprint density at radius 3 is 2.94 bits per heavy atom. The van der Waals surface area contributed by atoms with E-state index in [0.717, 1.165) is 43.9 Å². The van der Waals surface area contributed by atoms with Crippen molar-refractivity contribution in [3.8, 4) is 0 Å². The second-order valence-corrected chi connectivity index (χ2v) is 5.37. The lowest BCUT2D eigenvalue weighted by Gasteiger charge is -2.26. The Labute approximate surface area is 110 Å². The topological polar surface area (TPSA) is 24.8 Å². The molecule has 3 nitrogen and oxygen atoms in total. The third-order valence-corrected chi connectivity index (χ3v) is 3.79. The summed E-state index contributed by atoms with van der Waals surface area (Å²) in [6.07, 6.45) is 0. The molecule has 0 unspecified atom stereocenters. The van der Waals surface area contributed by atoms with Gasteiger partial charge in [0.15, 0.2) is 0 Å². The highest BCUT2D eigenvalue weighted by Gasteiger charge is 2.19. The van der Waals surface area contributed by atoms with Gasteiger partial charge in [0.1, 0.15) is 0 Å². The Morgan fingerprint density at radius 1 is 1.29 bits per heavy atom. The molecule has 0 spiro atoms. The quantitative estimate of drug-likeness (QED) is 0.834. The van der Waals surface area contributed by atoms with Gasteiger partial charge in [0.25, 0.3) is 0 Å². The Hall–Kier alpha value is -0.710.